The third-order valence-electron chi connectivity index (χ3n) is 3.05. The van der Waals surface area contributed by atoms with Crippen molar-refractivity contribution in [2.24, 2.45) is 0 Å². The van der Waals surface area contributed by atoms with E-state index in [9.17, 15) is 18.0 Å². The van der Waals surface area contributed by atoms with E-state index in [2.05, 4.69) is 20.6 Å². The molecule has 0 saturated heterocycles. The number of aromatic nitrogens is 2. The summed E-state index contributed by atoms with van der Waals surface area (Å²) in [5.74, 6) is 0.0249. The first-order chi connectivity index (χ1) is 11.5. The van der Waals surface area contributed by atoms with Crippen LogP contribution in [-0.4, -0.2) is 21.4 Å². The van der Waals surface area contributed by atoms with E-state index in [0.29, 0.717) is 11.6 Å². The number of aryl methyl sites for hydroxylation is 1. The molecule has 0 aliphatic heterocycles. The van der Waals surface area contributed by atoms with E-state index in [4.69, 9.17) is 0 Å². The maximum Gasteiger partial charge on any atom is 0.418 e. The van der Waals surface area contributed by atoms with Crippen molar-refractivity contribution in [3.8, 4) is 0 Å². The third kappa shape index (κ3) is 5.17. The lowest BCUT2D eigenvalue weighted by atomic mass is 10.1. The zero-order valence-corrected chi connectivity index (χ0v) is 14.3. The molecule has 1 amide bonds. The summed E-state index contributed by atoms with van der Waals surface area (Å²) in [5.41, 5.74) is -1.54. The maximum atomic E-state index is 13.0. The lowest BCUT2D eigenvalue weighted by molar-refractivity contribution is -0.136. The Kier molecular flexibility index (Phi) is 5.01. The first-order valence-electron chi connectivity index (χ1n) is 7.57. The Bertz CT molecular complexity index is 782. The minimum atomic E-state index is -4.57. The van der Waals surface area contributed by atoms with Gasteiger partial charge < -0.3 is 10.6 Å². The van der Waals surface area contributed by atoms with E-state index in [0.717, 1.165) is 6.07 Å². The molecule has 1 heterocycles. The molecule has 8 heteroatoms. The second kappa shape index (κ2) is 6.70. The zero-order chi connectivity index (χ0) is 18.8. The van der Waals surface area contributed by atoms with Gasteiger partial charge in [0.2, 0.25) is 0 Å². The summed E-state index contributed by atoms with van der Waals surface area (Å²) >= 11 is 0. The Balaban J connectivity index is 2.31. The van der Waals surface area contributed by atoms with Crippen molar-refractivity contribution in [1.82, 2.24) is 9.97 Å². The molecule has 2 aromatic rings. The van der Waals surface area contributed by atoms with E-state index in [1.54, 1.807) is 6.92 Å². The highest BCUT2D eigenvalue weighted by atomic mass is 19.4. The molecule has 0 unspecified atom stereocenters. The van der Waals surface area contributed by atoms with Gasteiger partial charge in [0.15, 0.2) is 0 Å². The summed E-state index contributed by atoms with van der Waals surface area (Å²) in [5, 5.41) is 5.38. The normalized spacial score (nSPS) is 12.0. The van der Waals surface area contributed by atoms with E-state index in [-0.39, 0.29) is 16.9 Å². The van der Waals surface area contributed by atoms with Crippen LogP contribution in [0.1, 0.15) is 42.6 Å². The minimum Gasteiger partial charge on any atom is -0.365 e. The Hall–Kier alpha value is -2.64. The van der Waals surface area contributed by atoms with Crippen LogP contribution in [0.25, 0.3) is 0 Å². The summed E-state index contributed by atoms with van der Waals surface area (Å²) < 4.78 is 39.1. The number of rotatable bonds is 3. The number of carbonyl (C=O) groups is 1. The van der Waals surface area contributed by atoms with Crippen molar-refractivity contribution < 1.29 is 18.0 Å². The van der Waals surface area contributed by atoms with Crippen LogP contribution in [-0.2, 0) is 6.18 Å². The number of anilines is 2. The lowest BCUT2D eigenvalue weighted by Gasteiger charge is -2.21. The number of alkyl halides is 3. The van der Waals surface area contributed by atoms with Gasteiger partial charge >= 0.3 is 6.18 Å². The highest BCUT2D eigenvalue weighted by Gasteiger charge is 2.33. The molecule has 0 atom stereocenters. The predicted molar refractivity (Wildman–Crippen MR) is 89.5 cm³/mol. The number of benzene rings is 1. The molecule has 0 aliphatic rings. The molecule has 1 aromatic carbocycles. The van der Waals surface area contributed by atoms with Crippen LogP contribution < -0.4 is 10.6 Å². The van der Waals surface area contributed by atoms with Crippen molar-refractivity contribution in [1.29, 1.82) is 0 Å². The van der Waals surface area contributed by atoms with E-state index < -0.39 is 17.6 Å². The van der Waals surface area contributed by atoms with E-state index >= 15 is 0 Å². The van der Waals surface area contributed by atoms with Crippen molar-refractivity contribution in [3.63, 3.8) is 0 Å². The number of para-hydroxylation sites is 1. The largest absolute Gasteiger partial charge is 0.418 e. The molecule has 1 aromatic heterocycles. The van der Waals surface area contributed by atoms with E-state index in [1.165, 1.54) is 24.3 Å². The summed E-state index contributed by atoms with van der Waals surface area (Å²) in [7, 11) is 0. The third-order valence-corrected chi connectivity index (χ3v) is 3.05. The van der Waals surface area contributed by atoms with Crippen molar-refractivity contribution in [2.75, 3.05) is 10.6 Å². The number of nitrogens with zero attached hydrogens (tertiary/aromatic N) is 2. The molecule has 0 aliphatic carbocycles. The van der Waals surface area contributed by atoms with Crippen LogP contribution in [0.15, 0.2) is 30.3 Å². The topological polar surface area (TPSA) is 66.9 Å². The van der Waals surface area contributed by atoms with Crippen LogP contribution in [0.4, 0.5) is 24.7 Å². The van der Waals surface area contributed by atoms with Crippen molar-refractivity contribution in [3.05, 3.63) is 47.4 Å². The van der Waals surface area contributed by atoms with Crippen LogP contribution in [0.3, 0.4) is 0 Å². The molecule has 134 valence electrons. The molecule has 2 rings (SSSR count). The van der Waals surface area contributed by atoms with Gasteiger partial charge in [-0.2, -0.15) is 13.2 Å². The highest BCUT2D eigenvalue weighted by molar-refractivity contribution is 6.03. The van der Waals surface area contributed by atoms with Gasteiger partial charge in [0.1, 0.15) is 17.3 Å². The average molecular weight is 352 g/mol. The van der Waals surface area contributed by atoms with Gasteiger partial charge in [-0.1, -0.05) is 12.1 Å². The van der Waals surface area contributed by atoms with Gasteiger partial charge in [0, 0.05) is 11.6 Å². The van der Waals surface area contributed by atoms with Crippen LogP contribution in [0.2, 0.25) is 0 Å². The molecule has 0 saturated carbocycles. The quantitative estimate of drug-likeness (QED) is 0.866. The number of hydrogen-bond acceptors (Lipinski definition) is 4. The molecule has 25 heavy (non-hydrogen) atoms. The van der Waals surface area contributed by atoms with Gasteiger partial charge in [-0.25, -0.2) is 9.97 Å². The number of halogens is 3. The van der Waals surface area contributed by atoms with Crippen molar-refractivity contribution in [2.45, 2.75) is 39.4 Å². The molecule has 0 bridgehead atoms. The first kappa shape index (κ1) is 18.7. The highest BCUT2D eigenvalue weighted by Crippen LogP contribution is 2.34. The van der Waals surface area contributed by atoms with E-state index in [1.807, 2.05) is 20.8 Å². The average Bonchev–Trinajstić information content (AvgIpc) is 2.44. The summed E-state index contributed by atoms with van der Waals surface area (Å²) in [6, 6.07) is 6.20. The first-order valence-corrected chi connectivity index (χ1v) is 7.57. The number of nitrogens with one attached hydrogen (secondary N) is 2. The zero-order valence-electron chi connectivity index (χ0n) is 14.3. The van der Waals surface area contributed by atoms with Crippen LogP contribution >= 0.6 is 0 Å². The summed E-state index contributed by atoms with van der Waals surface area (Å²) in [4.78, 5) is 20.6. The van der Waals surface area contributed by atoms with Gasteiger partial charge in [-0.15, -0.1) is 0 Å². The number of amides is 1. The van der Waals surface area contributed by atoms with Crippen LogP contribution in [0.5, 0.6) is 0 Å². The van der Waals surface area contributed by atoms with Crippen molar-refractivity contribution >= 4 is 17.4 Å². The Morgan fingerprint density at radius 1 is 1.08 bits per heavy atom. The smallest absolute Gasteiger partial charge is 0.365 e. The molecule has 2 N–H and O–H groups in total. The number of hydrogen-bond donors (Lipinski definition) is 2. The fraction of sp³-hybridized carbons (Fsp3) is 0.353. The summed E-state index contributed by atoms with van der Waals surface area (Å²) in [6.07, 6.45) is -4.57. The molecule has 0 radical (unpaired) electrons. The lowest BCUT2D eigenvalue weighted by Crippen LogP contribution is -2.27. The van der Waals surface area contributed by atoms with Gasteiger partial charge in [-0.3, -0.25) is 4.79 Å². The molecule has 5 nitrogen and oxygen atoms in total. The summed E-state index contributed by atoms with van der Waals surface area (Å²) in [6.45, 7) is 7.37. The Labute approximate surface area is 143 Å². The van der Waals surface area contributed by atoms with Gasteiger partial charge in [0.25, 0.3) is 5.91 Å². The Morgan fingerprint density at radius 2 is 1.72 bits per heavy atom. The Morgan fingerprint density at radius 3 is 2.32 bits per heavy atom. The molecule has 0 fully saturated rings. The fourth-order valence-electron chi connectivity index (χ4n) is 2.16. The van der Waals surface area contributed by atoms with Gasteiger partial charge in [-0.05, 0) is 39.8 Å². The predicted octanol–water partition coefficient (Wildman–Crippen LogP) is 4.27. The second-order valence-corrected chi connectivity index (χ2v) is 6.56. The standard InChI is InChI=1S/C17H19F3N4O/c1-10-21-13(9-14(22-10)24-16(2,3)4)15(25)23-12-8-6-5-7-11(12)17(18,19)20/h5-9H,1-4H3,(H,23,25)(H,21,22,24). The SMILES string of the molecule is Cc1nc(NC(C)(C)C)cc(C(=O)Nc2ccccc2C(F)(F)F)n1. The molecular formula is C17H19F3N4O. The van der Waals surface area contributed by atoms with Crippen LogP contribution in [0, 0.1) is 6.92 Å². The maximum absolute atomic E-state index is 13.0. The molecular weight excluding hydrogens is 333 g/mol. The molecule has 0 spiro atoms. The number of carbonyl (C=O) groups excluding carboxylic acids is 1. The monoisotopic (exact) mass is 352 g/mol. The second-order valence-electron chi connectivity index (χ2n) is 6.56. The minimum absolute atomic E-state index is 0.0174. The van der Waals surface area contributed by atoms with Gasteiger partial charge in [0.05, 0.1) is 11.3 Å². The fourth-order valence-corrected chi connectivity index (χ4v) is 2.16.